The van der Waals surface area contributed by atoms with Crippen molar-refractivity contribution in [2.24, 2.45) is 0 Å². The lowest BCUT2D eigenvalue weighted by molar-refractivity contribution is -0.134. The summed E-state index contributed by atoms with van der Waals surface area (Å²) in [5.41, 5.74) is 1.58. The normalized spacial score (nSPS) is 22.1. The highest BCUT2D eigenvalue weighted by molar-refractivity contribution is 6.01. The molecule has 0 aromatic heterocycles. The smallest absolute Gasteiger partial charge is 0.238 e. The molecule has 2 aliphatic heterocycles. The van der Waals surface area contributed by atoms with Gasteiger partial charge in [-0.25, -0.2) is 0 Å². The van der Waals surface area contributed by atoms with Crippen LogP contribution in [0.2, 0.25) is 0 Å². The van der Waals surface area contributed by atoms with E-state index >= 15 is 0 Å². The molecule has 1 aromatic carbocycles. The van der Waals surface area contributed by atoms with E-state index in [0.29, 0.717) is 25.1 Å². The van der Waals surface area contributed by atoms with Gasteiger partial charge in [0.1, 0.15) is 0 Å². The third-order valence-electron chi connectivity index (χ3n) is 4.41. The summed E-state index contributed by atoms with van der Waals surface area (Å²) in [7, 11) is 0. The molecule has 0 saturated carbocycles. The average molecular weight is 330 g/mol. The Kier molecular flexibility index (Phi) is 5.22. The largest absolute Gasteiger partial charge is 0.325 e. The van der Waals surface area contributed by atoms with Crippen LogP contribution in [0.15, 0.2) is 24.3 Å². The number of piperazine rings is 1. The van der Waals surface area contributed by atoms with Crippen LogP contribution in [0.5, 0.6) is 0 Å². The molecule has 0 radical (unpaired) electrons. The van der Waals surface area contributed by atoms with E-state index in [9.17, 15) is 14.4 Å². The second-order valence-electron chi connectivity index (χ2n) is 6.20. The van der Waals surface area contributed by atoms with Gasteiger partial charge in [0.25, 0.3) is 0 Å². The lowest BCUT2D eigenvalue weighted by Gasteiger charge is -2.26. The number of carbonyl (C=O) groups is 3. The first kappa shape index (κ1) is 16.6. The first-order valence-electron chi connectivity index (χ1n) is 8.28. The summed E-state index contributed by atoms with van der Waals surface area (Å²) < 4.78 is 0. The maximum Gasteiger partial charge on any atom is 0.238 e. The van der Waals surface area contributed by atoms with Crippen LogP contribution in [0.1, 0.15) is 24.3 Å². The number of carbonyl (C=O) groups excluding carboxylic acids is 3. The zero-order chi connectivity index (χ0) is 16.9. The fourth-order valence-corrected chi connectivity index (χ4v) is 3.08. The van der Waals surface area contributed by atoms with E-state index in [1.54, 1.807) is 12.1 Å². The SMILES string of the molecule is O=C1CCC(c2ccc(NC(=O)CN3CCNCC3)cc2)C(=O)N1. The molecule has 0 bridgehead atoms. The quantitative estimate of drug-likeness (QED) is 0.679. The minimum atomic E-state index is -0.298. The summed E-state index contributed by atoms with van der Waals surface area (Å²) in [4.78, 5) is 37.3. The van der Waals surface area contributed by atoms with Crippen molar-refractivity contribution >= 4 is 23.4 Å². The van der Waals surface area contributed by atoms with E-state index in [1.165, 1.54) is 0 Å². The number of hydrogen-bond acceptors (Lipinski definition) is 5. The summed E-state index contributed by atoms with van der Waals surface area (Å²) in [6.07, 6.45) is 0.888. The van der Waals surface area contributed by atoms with Crippen LogP contribution in [-0.2, 0) is 14.4 Å². The minimum absolute atomic E-state index is 0.0364. The lowest BCUT2D eigenvalue weighted by atomic mass is 9.90. The van der Waals surface area contributed by atoms with E-state index in [4.69, 9.17) is 0 Å². The predicted molar refractivity (Wildman–Crippen MR) is 89.5 cm³/mol. The number of rotatable bonds is 4. The van der Waals surface area contributed by atoms with Gasteiger partial charge in [-0.2, -0.15) is 0 Å². The number of piperidine rings is 1. The Hall–Kier alpha value is -2.25. The third-order valence-corrected chi connectivity index (χ3v) is 4.41. The molecule has 0 aliphatic carbocycles. The Morgan fingerprint density at radius 2 is 1.88 bits per heavy atom. The van der Waals surface area contributed by atoms with Gasteiger partial charge in [-0.05, 0) is 24.1 Å². The highest BCUT2D eigenvalue weighted by atomic mass is 16.2. The number of hydrogen-bond donors (Lipinski definition) is 3. The van der Waals surface area contributed by atoms with Gasteiger partial charge in [0.05, 0.1) is 12.5 Å². The zero-order valence-corrected chi connectivity index (χ0v) is 13.5. The van der Waals surface area contributed by atoms with Crippen molar-refractivity contribution in [1.29, 1.82) is 0 Å². The van der Waals surface area contributed by atoms with Gasteiger partial charge >= 0.3 is 0 Å². The molecule has 3 amide bonds. The number of benzene rings is 1. The molecule has 1 aromatic rings. The predicted octanol–water partition coefficient (Wildman–Crippen LogP) is 0.0505. The van der Waals surface area contributed by atoms with Crippen LogP contribution in [0, 0.1) is 0 Å². The molecule has 2 aliphatic rings. The Morgan fingerprint density at radius 1 is 1.17 bits per heavy atom. The summed E-state index contributed by atoms with van der Waals surface area (Å²) >= 11 is 0. The molecule has 128 valence electrons. The van der Waals surface area contributed by atoms with Crippen molar-refractivity contribution in [2.45, 2.75) is 18.8 Å². The summed E-state index contributed by atoms with van der Waals surface area (Å²) in [6.45, 7) is 3.96. The van der Waals surface area contributed by atoms with Gasteiger partial charge in [-0.3, -0.25) is 24.6 Å². The molecular formula is C17H22N4O3. The summed E-state index contributed by atoms with van der Waals surface area (Å²) in [5.74, 6) is -0.797. The molecule has 2 fully saturated rings. The van der Waals surface area contributed by atoms with Gasteiger partial charge < -0.3 is 10.6 Å². The number of nitrogens with one attached hydrogen (secondary N) is 3. The van der Waals surface area contributed by atoms with Gasteiger partial charge in [0.15, 0.2) is 0 Å². The van der Waals surface area contributed by atoms with Gasteiger partial charge in [0.2, 0.25) is 17.7 Å². The second-order valence-corrected chi connectivity index (χ2v) is 6.20. The molecular weight excluding hydrogens is 308 g/mol. The highest BCUT2D eigenvalue weighted by Gasteiger charge is 2.27. The van der Waals surface area contributed by atoms with E-state index in [-0.39, 0.29) is 23.6 Å². The van der Waals surface area contributed by atoms with E-state index in [0.717, 1.165) is 31.7 Å². The molecule has 7 heteroatoms. The maximum atomic E-state index is 12.1. The molecule has 7 nitrogen and oxygen atoms in total. The van der Waals surface area contributed by atoms with Crippen LogP contribution in [0.4, 0.5) is 5.69 Å². The maximum absolute atomic E-state index is 12.1. The first-order chi connectivity index (χ1) is 11.6. The van der Waals surface area contributed by atoms with Gasteiger partial charge in [0, 0.05) is 38.3 Å². The molecule has 3 N–H and O–H groups in total. The van der Waals surface area contributed by atoms with Crippen molar-refractivity contribution in [3.05, 3.63) is 29.8 Å². The molecule has 1 atom stereocenters. The highest BCUT2D eigenvalue weighted by Crippen LogP contribution is 2.25. The van der Waals surface area contributed by atoms with Crippen molar-refractivity contribution in [3.63, 3.8) is 0 Å². The molecule has 2 saturated heterocycles. The van der Waals surface area contributed by atoms with E-state index in [2.05, 4.69) is 20.9 Å². The monoisotopic (exact) mass is 330 g/mol. The van der Waals surface area contributed by atoms with Crippen LogP contribution >= 0.6 is 0 Å². The van der Waals surface area contributed by atoms with Gasteiger partial charge in [-0.1, -0.05) is 12.1 Å². The first-order valence-corrected chi connectivity index (χ1v) is 8.28. The summed E-state index contributed by atoms with van der Waals surface area (Å²) in [5, 5.41) is 8.50. The number of nitrogens with zero attached hydrogens (tertiary/aromatic N) is 1. The number of amides is 3. The van der Waals surface area contributed by atoms with Crippen LogP contribution in [-0.4, -0.2) is 55.3 Å². The number of imide groups is 1. The Morgan fingerprint density at radius 3 is 2.54 bits per heavy atom. The number of anilines is 1. The van der Waals surface area contributed by atoms with Crippen LogP contribution in [0.3, 0.4) is 0 Å². The van der Waals surface area contributed by atoms with Crippen molar-refractivity contribution < 1.29 is 14.4 Å². The fraction of sp³-hybridized carbons (Fsp3) is 0.471. The average Bonchev–Trinajstić information content (AvgIpc) is 2.57. The molecule has 2 heterocycles. The lowest BCUT2D eigenvalue weighted by Crippen LogP contribution is -2.46. The second kappa shape index (κ2) is 7.55. The molecule has 24 heavy (non-hydrogen) atoms. The fourth-order valence-electron chi connectivity index (χ4n) is 3.08. The minimum Gasteiger partial charge on any atom is -0.325 e. The Balaban J connectivity index is 1.55. The summed E-state index contributed by atoms with van der Waals surface area (Å²) in [6, 6.07) is 7.27. The molecule has 0 spiro atoms. The third kappa shape index (κ3) is 4.18. The molecule has 1 unspecified atom stereocenters. The van der Waals surface area contributed by atoms with Crippen molar-refractivity contribution in [1.82, 2.24) is 15.5 Å². The zero-order valence-electron chi connectivity index (χ0n) is 13.5. The Labute approximate surface area is 140 Å². The van der Waals surface area contributed by atoms with E-state index in [1.807, 2.05) is 12.1 Å². The van der Waals surface area contributed by atoms with Gasteiger partial charge in [-0.15, -0.1) is 0 Å². The van der Waals surface area contributed by atoms with Crippen molar-refractivity contribution in [3.8, 4) is 0 Å². The molecule has 3 rings (SSSR count). The van der Waals surface area contributed by atoms with Crippen molar-refractivity contribution in [2.75, 3.05) is 38.0 Å². The van der Waals surface area contributed by atoms with Crippen LogP contribution in [0.25, 0.3) is 0 Å². The Bertz CT molecular complexity index is 623. The topological polar surface area (TPSA) is 90.5 Å². The van der Waals surface area contributed by atoms with E-state index < -0.39 is 0 Å². The standard InChI is InChI=1S/C17H22N4O3/c22-15-6-5-14(17(24)20-15)12-1-3-13(4-2-12)19-16(23)11-21-9-7-18-8-10-21/h1-4,14,18H,5-11H2,(H,19,23)(H,20,22,24). The van der Waals surface area contributed by atoms with Crippen LogP contribution < -0.4 is 16.0 Å².